The summed E-state index contributed by atoms with van der Waals surface area (Å²) in [6.07, 6.45) is 1.25. The van der Waals surface area contributed by atoms with E-state index in [1.165, 1.54) is 0 Å². The second-order valence-corrected chi connectivity index (χ2v) is 3.43. The summed E-state index contributed by atoms with van der Waals surface area (Å²) in [5.41, 5.74) is 0. The van der Waals surface area contributed by atoms with E-state index in [-0.39, 0.29) is 6.10 Å². The molecule has 4 nitrogen and oxygen atoms in total. The molecular formula is C11H25NO3. The molecule has 0 aromatic carbocycles. The normalized spacial score (nSPS) is 13.0. The Balaban J connectivity index is 2.98. The lowest BCUT2D eigenvalue weighted by Gasteiger charge is -2.12. The van der Waals surface area contributed by atoms with E-state index in [0.717, 1.165) is 45.9 Å². The number of nitrogens with one attached hydrogen (secondary N) is 1. The molecule has 0 heterocycles. The average molecular weight is 219 g/mol. The second kappa shape index (κ2) is 11.9. The van der Waals surface area contributed by atoms with Crippen LogP contribution in [0.25, 0.3) is 0 Å². The molecule has 92 valence electrons. The largest absolute Gasteiger partial charge is 0.385 e. The SMILES string of the molecule is CCOC(C)CNCCOCCCOC. The Hall–Kier alpha value is -0.160. The fraction of sp³-hybridized carbons (Fsp3) is 1.00. The van der Waals surface area contributed by atoms with Crippen LogP contribution in [-0.4, -0.2) is 52.7 Å². The zero-order chi connectivity index (χ0) is 11.4. The van der Waals surface area contributed by atoms with Crippen molar-refractivity contribution in [3.63, 3.8) is 0 Å². The number of ether oxygens (including phenoxy) is 3. The second-order valence-electron chi connectivity index (χ2n) is 3.43. The Morgan fingerprint density at radius 1 is 1.20 bits per heavy atom. The van der Waals surface area contributed by atoms with Crippen molar-refractivity contribution in [3.05, 3.63) is 0 Å². The van der Waals surface area contributed by atoms with Crippen LogP contribution in [0.2, 0.25) is 0 Å². The minimum atomic E-state index is 0.281. The van der Waals surface area contributed by atoms with Gasteiger partial charge in [0, 0.05) is 40.0 Å². The van der Waals surface area contributed by atoms with Gasteiger partial charge >= 0.3 is 0 Å². The third-order valence-corrected chi connectivity index (χ3v) is 1.94. The van der Waals surface area contributed by atoms with E-state index in [9.17, 15) is 0 Å². The molecule has 0 rings (SSSR count). The van der Waals surface area contributed by atoms with Gasteiger partial charge in [0.1, 0.15) is 0 Å². The van der Waals surface area contributed by atoms with E-state index in [1.54, 1.807) is 7.11 Å². The molecule has 1 N–H and O–H groups in total. The van der Waals surface area contributed by atoms with E-state index in [1.807, 2.05) is 6.92 Å². The molecule has 0 aliphatic rings. The molecule has 0 spiro atoms. The maximum absolute atomic E-state index is 5.39. The Morgan fingerprint density at radius 3 is 2.67 bits per heavy atom. The van der Waals surface area contributed by atoms with E-state index in [0.29, 0.717) is 0 Å². The number of rotatable bonds is 11. The molecule has 15 heavy (non-hydrogen) atoms. The quantitative estimate of drug-likeness (QED) is 0.527. The summed E-state index contributed by atoms with van der Waals surface area (Å²) in [6, 6.07) is 0. The first-order chi connectivity index (χ1) is 7.31. The highest BCUT2D eigenvalue weighted by Gasteiger charge is 1.98. The van der Waals surface area contributed by atoms with E-state index >= 15 is 0 Å². The van der Waals surface area contributed by atoms with E-state index in [4.69, 9.17) is 14.2 Å². The topological polar surface area (TPSA) is 39.7 Å². The van der Waals surface area contributed by atoms with Crippen LogP contribution in [0.4, 0.5) is 0 Å². The summed E-state index contributed by atoms with van der Waals surface area (Å²) >= 11 is 0. The summed E-state index contributed by atoms with van der Waals surface area (Å²) in [5.74, 6) is 0. The molecule has 0 bridgehead atoms. The van der Waals surface area contributed by atoms with Gasteiger partial charge in [-0.25, -0.2) is 0 Å². The predicted octanol–water partition coefficient (Wildman–Crippen LogP) is 1.05. The van der Waals surface area contributed by atoms with Crippen molar-refractivity contribution < 1.29 is 14.2 Å². The van der Waals surface area contributed by atoms with E-state index in [2.05, 4.69) is 12.2 Å². The first kappa shape index (κ1) is 14.8. The van der Waals surface area contributed by atoms with Crippen LogP contribution in [0.15, 0.2) is 0 Å². The smallest absolute Gasteiger partial charge is 0.0671 e. The van der Waals surface area contributed by atoms with Crippen molar-refractivity contribution in [3.8, 4) is 0 Å². The van der Waals surface area contributed by atoms with Crippen molar-refractivity contribution in [1.82, 2.24) is 5.32 Å². The molecule has 0 amide bonds. The Bertz CT molecular complexity index is 122. The highest BCUT2D eigenvalue weighted by molar-refractivity contribution is 4.54. The summed E-state index contributed by atoms with van der Waals surface area (Å²) in [5, 5.41) is 3.28. The standard InChI is InChI=1S/C11H25NO3/c1-4-15-11(2)10-12-6-9-14-8-5-7-13-3/h11-12H,4-10H2,1-3H3. The minimum absolute atomic E-state index is 0.281. The molecule has 0 saturated carbocycles. The van der Waals surface area contributed by atoms with E-state index < -0.39 is 0 Å². The fourth-order valence-electron chi connectivity index (χ4n) is 1.20. The molecule has 0 radical (unpaired) electrons. The van der Waals surface area contributed by atoms with Crippen LogP contribution in [0.3, 0.4) is 0 Å². The van der Waals surface area contributed by atoms with Gasteiger partial charge in [-0.2, -0.15) is 0 Å². The fourth-order valence-corrected chi connectivity index (χ4v) is 1.20. The number of hydrogen-bond acceptors (Lipinski definition) is 4. The molecule has 4 heteroatoms. The highest BCUT2D eigenvalue weighted by atomic mass is 16.5. The zero-order valence-corrected chi connectivity index (χ0v) is 10.3. The van der Waals surface area contributed by atoms with Gasteiger partial charge in [0.05, 0.1) is 12.7 Å². The van der Waals surface area contributed by atoms with Gasteiger partial charge in [-0.15, -0.1) is 0 Å². The van der Waals surface area contributed by atoms with Gasteiger partial charge in [-0.3, -0.25) is 0 Å². The van der Waals surface area contributed by atoms with Gasteiger partial charge in [0.15, 0.2) is 0 Å². The summed E-state index contributed by atoms with van der Waals surface area (Å²) < 4.78 is 15.7. The van der Waals surface area contributed by atoms with Crippen LogP contribution < -0.4 is 5.32 Å². The van der Waals surface area contributed by atoms with Gasteiger partial charge in [0.25, 0.3) is 0 Å². The zero-order valence-electron chi connectivity index (χ0n) is 10.3. The van der Waals surface area contributed by atoms with Crippen LogP contribution in [0.1, 0.15) is 20.3 Å². The Morgan fingerprint density at radius 2 is 2.00 bits per heavy atom. The molecule has 0 aliphatic carbocycles. The van der Waals surface area contributed by atoms with Crippen molar-refractivity contribution in [2.24, 2.45) is 0 Å². The molecule has 0 fully saturated rings. The Kier molecular flexibility index (Phi) is 11.8. The molecule has 0 aliphatic heterocycles. The van der Waals surface area contributed by atoms with Crippen LogP contribution in [-0.2, 0) is 14.2 Å². The molecular weight excluding hydrogens is 194 g/mol. The minimum Gasteiger partial charge on any atom is -0.385 e. The van der Waals surface area contributed by atoms with Gasteiger partial charge < -0.3 is 19.5 Å². The monoisotopic (exact) mass is 219 g/mol. The number of methoxy groups -OCH3 is 1. The molecule has 0 aromatic heterocycles. The first-order valence-corrected chi connectivity index (χ1v) is 5.70. The maximum atomic E-state index is 5.39. The van der Waals surface area contributed by atoms with Gasteiger partial charge in [-0.1, -0.05) is 0 Å². The van der Waals surface area contributed by atoms with Crippen molar-refractivity contribution in [2.75, 3.05) is 46.6 Å². The van der Waals surface area contributed by atoms with Crippen molar-refractivity contribution >= 4 is 0 Å². The van der Waals surface area contributed by atoms with Gasteiger partial charge in [0.2, 0.25) is 0 Å². The third kappa shape index (κ3) is 11.8. The molecule has 1 atom stereocenters. The predicted molar refractivity (Wildman–Crippen MR) is 61.3 cm³/mol. The first-order valence-electron chi connectivity index (χ1n) is 5.70. The molecule has 0 saturated heterocycles. The highest BCUT2D eigenvalue weighted by Crippen LogP contribution is 1.87. The lowest BCUT2D eigenvalue weighted by molar-refractivity contribution is 0.0710. The van der Waals surface area contributed by atoms with Crippen molar-refractivity contribution in [1.29, 1.82) is 0 Å². The summed E-state index contributed by atoms with van der Waals surface area (Å²) in [6.45, 7) is 8.91. The average Bonchev–Trinajstić information content (AvgIpc) is 2.22. The maximum Gasteiger partial charge on any atom is 0.0671 e. The number of hydrogen-bond donors (Lipinski definition) is 1. The lowest BCUT2D eigenvalue weighted by atomic mass is 10.4. The van der Waals surface area contributed by atoms with Crippen LogP contribution >= 0.6 is 0 Å². The Labute approximate surface area is 93.3 Å². The van der Waals surface area contributed by atoms with Crippen LogP contribution in [0.5, 0.6) is 0 Å². The van der Waals surface area contributed by atoms with Gasteiger partial charge in [-0.05, 0) is 20.3 Å². The summed E-state index contributed by atoms with van der Waals surface area (Å²) in [7, 11) is 1.71. The summed E-state index contributed by atoms with van der Waals surface area (Å²) in [4.78, 5) is 0. The third-order valence-electron chi connectivity index (χ3n) is 1.94. The van der Waals surface area contributed by atoms with Crippen molar-refractivity contribution in [2.45, 2.75) is 26.4 Å². The lowest BCUT2D eigenvalue weighted by Crippen LogP contribution is -2.29. The molecule has 1 unspecified atom stereocenters. The van der Waals surface area contributed by atoms with Crippen LogP contribution in [0, 0.1) is 0 Å². The molecule has 0 aromatic rings.